The number of H-pyrrole nitrogens is 2. The second kappa shape index (κ2) is 6.34. The van der Waals surface area contributed by atoms with Crippen LogP contribution in [0.3, 0.4) is 0 Å². The normalized spacial score (nSPS) is 12.0. The van der Waals surface area contributed by atoms with Crippen molar-refractivity contribution in [1.29, 1.82) is 0 Å². The van der Waals surface area contributed by atoms with Crippen molar-refractivity contribution in [2.75, 3.05) is 0 Å². The lowest BCUT2D eigenvalue weighted by Crippen LogP contribution is -2.11. The number of hydrogen-bond acceptors (Lipinski definition) is 3. The van der Waals surface area contributed by atoms with Crippen molar-refractivity contribution >= 4 is 10.8 Å². The highest BCUT2D eigenvalue weighted by Gasteiger charge is 2.20. The summed E-state index contributed by atoms with van der Waals surface area (Å²) in [4.78, 5) is 4.98. The number of benzene rings is 1. The first-order chi connectivity index (χ1) is 12.9. The van der Waals surface area contributed by atoms with Crippen LogP contribution < -0.4 is 0 Å². The summed E-state index contributed by atoms with van der Waals surface area (Å²) in [5.74, 6) is 0. The van der Waals surface area contributed by atoms with Gasteiger partial charge in [0.2, 0.25) is 0 Å². The zero-order valence-electron chi connectivity index (χ0n) is 16.5. The van der Waals surface area contributed by atoms with Crippen LogP contribution in [-0.4, -0.2) is 25.4 Å². The Labute approximate surface area is 159 Å². The molecule has 0 radical (unpaired) electrons. The minimum Gasteiger partial charge on any atom is -0.282 e. The maximum Gasteiger partial charge on any atom is 0.114 e. The molecular weight excluding hydrogens is 334 g/mol. The number of nitrogens with one attached hydrogen (secondary N) is 2. The van der Waals surface area contributed by atoms with Crippen LogP contribution in [-0.2, 0) is 11.8 Å². The molecule has 3 heterocycles. The van der Waals surface area contributed by atoms with E-state index in [0.717, 1.165) is 56.9 Å². The number of nitrogens with zero attached hydrogens (tertiary/aromatic N) is 3. The van der Waals surface area contributed by atoms with Gasteiger partial charge in [-0.05, 0) is 36.4 Å². The van der Waals surface area contributed by atoms with E-state index in [2.05, 4.69) is 85.3 Å². The molecule has 2 N–H and O–H groups in total. The van der Waals surface area contributed by atoms with Crippen LogP contribution in [0.5, 0.6) is 0 Å². The number of aryl methyl sites for hydroxylation is 1. The maximum absolute atomic E-state index is 4.98. The van der Waals surface area contributed by atoms with E-state index in [1.807, 2.05) is 6.07 Å². The van der Waals surface area contributed by atoms with E-state index in [4.69, 9.17) is 4.98 Å². The van der Waals surface area contributed by atoms with Crippen LogP contribution in [0.1, 0.15) is 44.6 Å². The van der Waals surface area contributed by atoms with E-state index in [1.165, 1.54) is 0 Å². The summed E-state index contributed by atoms with van der Waals surface area (Å²) in [6, 6.07) is 12.5. The van der Waals surface area contributed by atoms with Gasteiger partial charge in [0.05, 0.1) is 11.4 Å². The van der Waals surface area contributed by atoms with Crippen molar-refractivity contribution < 1.29 is 0 Å². The van der Waals surface area contributed by atoms with Gasteiger partial charge < -0.3 is 0 Å². The molecule has 5 heteroatoms. The van der Waals surface area contributed by atoms with Gasteiger partial charge in [0.1, 0.15) is 11.4 Å². The Bertz CT molecular complexity index is 1110. The molecule has 0 amide bonds. The third-order valence-electron chi connectivity index (χ3n) is 5.08. The van der Waals surface area contributed by atoms with E-state index in [9.17, 15) is 0 Å². The van der Waals surface area contributed by atoms with Gasteiger partial charge in [-0.15, -0.1) is 0 Å². The molecule has 0 atom stereocenters. The summed E-state index contributed by atoms with van der Waals surface area (Å²) in [6.45, 7) is 10.7. The first-order valence-electron chi connectivity index (χ1n) is 9.38. The predicted molar refractivity (Wildman–Crippen MR) is 110 cm³/mol. The van der Waals surface area contributed by atoms with Crippen LogP contribution in [0, 0.1) is 6.92 Å². The Morgan fingerprint density at radius 1 is 0.926 bits per heavy atom. The molecule has 1 aromatic carbocycles. The molecule has 5 nitrogen and oxygen atoms in total. The molecule has 27 heavy (non-hydrogen) atoms. The summed E-state index contributed by atoms with van der Waals surface area (Å²) in [5, 5.41) is 17.6. The molecule has 0 saturated heterocycles. The third-order valence-corrected chi connectivity index (χ3v) is 5.08. The van der Waals surface area contributed by atoms with Crippen molar-refractivity contribution in [3.63, 3.8) is 0 Å². The molecule has 0 spiro atoms. The number of hydrogen-bond donors (Lipinski definition) is 2. The van der Waals surface area contributed by atoms with Crippen molar-refractivity contribution in [3.05, 3.63) is 53.3 Å². The van der Waals surface area contributed by atoms with Crippen molar-refractivity contribution in [2.24, 2.45) is 0 Å². The minimum absolute atomic E-state index is 0.00741. The van der Waals surface area contributed by atoms with Crippen molar-refractivity contribution in [3.8, 4) is 22.8 Å². The van der Waals surface area contributed by atoms with Gasteiger partial charge in [-0.25, -0.2) is 4.98 Å². The summed E-state index contributed by atoms with van der Waals surface area (Å²) in [6.07, 6.45) is 0.924. The highest BCUT2D eigenvalue weighted by molar-refractivity contribution is 5.96. The van der Waals surface area contributed by atoms with Gasteiger partial charge in [-0.1, -0.05) is 52.0 Å². The molecule has 3 aromatic heterocycles. The van der Waals surface area contributed by atoms with Gasteiger partial charge in [0.25, 0.3) is 0 Å². The Hall–Kier alpha value is -2.95. The fourth-order valence-electron chi connectivity index (χ4n) is 3.37. The fraction of sp³-hybridized carbons (Fsp3) is 0.318. The Morgan fingerprint density at radius 2 is 1.70 bits per heavy atom. The van der Waals surface area contributed by atoms with E-state index in [1.54, 1.807) is 0 Å². The summed E-state index contributed by atoms with van der Waals surface area (Å²) < 4.78 is 0. The molecule has 4 aromatic rings. The van der Waals surface area contributed by atoms with Gasteiger partial charge in [-0.2, -0.15) is 10.2 Å². The predicted octanol–water partition coefficient (Wildman–Crippen LogP) is 5.18. The summed E-state index contributed by atoms with van der Waals surface area (Å²) in [7, 11) is 0. The van der Waals surface area contributed by atoms with Crippen LogP contribution >= 0.6 is 0 Å². The molecule has 4 rings (SSSR count). The molecule has 0 aliphatic carbocycles. The topological polar surface area (TPSA) is 70.2 Å². The standard InChI is InChI=1S/C22H25N5/c1-6-16-13(2)20(27-24-16)17-11-14-9-7-8-10-15(14)21(23-17)18-12-19(26-25-18)22(3,4)5/h7-12H,6H2,1-5H3,(H,24,27)(H,25,26). The Kier molecular flexibility index (Phi) is 4.10. The number of aromatic amines is 2. The van der Waals surface area contributed by atoms with Crippen LogP contribution in [0.2, 0.25) is 0 Å². The first kappa shape index (κ1) is 17.5. The monoisotopic (exact) mass is 359 g/mol. The molecule has 0 aliphatic heterocycles. The zero-order valence-corrected chi connectivity index (χ0v) is 16.5. The van der Waals surface area contributed by atoms with E-state index in [0.29, 0.717) is 0 Å². The van der Waals surface area contributed by atoms with Gasteiger partial charge in [0.15, 0.2) is 0 Å². The summed E-state index contributed by atoms with van der Waals surface area (Å²) in [5.41, 5.74) is 6.94. The van der Waals surface area contributed by atoms with Crippen LogP contribution in [0.25, 0.3) is 33.5 Å². The zero-order chi connectivity index (χ0) is 19.2. The number of aromatic nitrogens is 5. The van der Waals surface area contributed by atoms with Crippen LogP contribution in [0.4, 0.5) is 0 Å². The van der Waals surface area contributed by atoms with E-state index in [-0.39, 0.29) is 5.41 Å². The highest BCUT2D eigenvalue weighted by Crippen LogP contribution is 2.33. The number of pyridine rings is 1. The lowest BCUT2D eigenvalue weighted by Gasteiger charge is -2.14. The smallest absolute Gasteiger partial charge is 0.114 e. The maximum atomic E-state index is 4.98. The van der Waals surface area contributed by atoms with Gasteiger partial charge in [0, 0.05) is 22.2 Å². The third kappa shape index (κ3) is 3.03. The van der Waals surface area contributed by atoms with Gasteiger partial charge in [-0.3, -0.25) is 10.2 Å². The Morgan fingerprint density at radius 3 is 2.37 bits per heavy atom. The van der Waals surface area contributed by atoms with E-state index >= 15 is 0 Å². The van der Waals surface area contributed by atoms with Crippen LogP contribution in [0.15, 0.2) is 36.4 Å². The van der Waals surface area contributed by atoms with Crippen molar-refractivity contribution in [1.82, 2.24) is 25.4 Å². The highest BCUT2D eigenvalue weighted by atomic mass is 15.1. The SMILES string of the molecule is CCc1[nH]nc(-c2cc3ccccc3c(-c3cc(C(C)(C)C)[nH]n3)n2)c1C. The lowest BCUT2D eigenvalue weighted by molar-refractivity contribution is 0.567. The average Bonchev–Trinajstić information content (AvgIpc) is 3.27. The molecule has 0 fully saturated rings. The molecule has 0 aliphatic rings. The first-order valence-corrected chi connectivity index (χ1v) is 9.38. The van der Waals surface area contributed by atoms with E-state index < -0.39 is 0 Å². The second-order valence-electron chi connectivity index (χ2n) is 8.02. The molecule has 138 valence electrons. The largest absolute Gasteiger partial charge is 0.282 e. The van der Waals surface area contributed by atoms with Crippen molar-refractivity contribution in [2.45, 2.75) is 46.5 Å². The van der Waals surface area contributed by atoms with Gasteiger partial charge >= 0.3 is 0 Å². The number of rotatable bonds is 3. The molecule has 0 bridgehead atoms. The number of fused-ring (bicyclic) bond motifs is 1. The summed E-state index contributed by atoms with van der Waals surface area (Å²) >= 11 is 0. The molecule has 0 unspecified atom stereocenters. The fourth-order valence-corrected chi connectivity index (χ4v) is 3.37. The second-order valence-corrected chi connectivity index (χ2v) is 8.02. The average molecular weight is 359 g/mol. The lowest BCUT2D eigenvalue weighted by atomic mass is 9.92. The minimum atomic E-state index is 0.00741. The quantitative estimate of drug-likeness (QED) is 0.529. The molecular formula is C22H25N5. The Balaban J connectivity index is 1.94. The molecule has 0 saturated carbocycles.